The number of aliphatic carboxylic acids is 1. The largest absolute Gasteiger partial charge is 0.358 e. The van der Waals surface area contributed by atoms with Gasteiger partial charge in [0.05, 0.1) is 6.42 Å². The summed E-state index contributed by atoms with van der Waals surface area (Å²) < 4.78 is 0. The molecule has 0 aromatic rings. The van der Waals surface area contributed by atoms with Gasteiger partial charge in [-0.3, -0.25) is 9.59 Å². The Kier molecular flexibility index (Phi) is 74.3. The summed E-state index contributed by atoms with van der Waals surface area (Å²) in [5.41, 5.74) is 10.5. The van der Waals surface area contributed by atoms with Gasteiger partial charge in [-0.1, -0.05) is 67.2 Å². The van der Waals surface area contributed by atoms with Gasteiger partial charge in [-0.05, 0) is 25.4 Å². The molecule has 9 heteroatoms. The molecule has 0 rings (SSSR count). The summed E-state index contributed by atoms with van der Waals surface area (Å²) in [7, 11) is 1.73. The Bertz CT molecular complexity index is 336. The molecule has 1 amide bonds. The van der Waals surface area contributed by atoms with Crippen LogP contribution in [0.25, 0.3) is 0 Å². The van der Waals surface area contributed by atoms with Gasteiger partial charge in [-0.15, -0.1) is 0 Å². The first kappa shape index (κ1) is 49.2. The Balaban J connectivity index is -0.0000000524. The predicted octanol–water partition coefficient (Wildman–Crippen LogP) is 3.39. The van der Waals surface area contributed by atoms with E-state index < -0.39 is 5.97 Å². The van der Waals surface area contributed by atoms with Crippen LogP contribution in [0.4, 0.5) is 0 Å². The van der Waals surface area contributed by atoms with Crippen molar-refractivity contribution < 1.29 is 52.1 Å². The Hall–Kier alpha value is -0.0632. The summed E-state index contributed by atoms with van der Waals surface area (Å²) in [5.74, 6) is 0.587. The molecule has 0 fully saturated rings. The summed E-state index contributed by atoms with van der Waals surface area (Å²) in [5, 5.41) is 16.7. The van der Waals surface area contributed by atoms with E-state index in [0.717, 1.165) is 19.5 Å². The van der Waals surface area contributed by atoms with E-state index in [-0.39, 0.29) is 40.2 Å². The van der Waals surface area contributed by atoms with Gasteiger partial charge in [-0.25, -0.2) is 0 Å². The van der Waals surface area contributed by atoms with E-state index in [1.165, 1.54) is 19.3 Å². The van der Waals surface area contributed by atoms with E-state index in [2.05, 4.69) is 74.4 Å². The van der Waals surface area contributed by atoms with E-state index in [1.54, 1.807) is 7.05 Å². The molecule has 0 aliphatic rings. The van der Waals surface area contributed by atoms with Crippen molar-refractivity contribution in [1.82, 2.24) is 10.6 Å². The molecular formula is C23H55N4O3PdV-. The number of rotatable bonds is 11. The average molecular weight is 593 g/mol. The van der Waals surface area contributed by atoms with Crippen LogP contribution in [0.1, 0.15) is 80.1 Å². The number of carbonyl (C=O) groups excluding carboxylic acids is 1. The fourth-order valence-electron chi connectivity index (χ4n) is 1.05. The Morgan fingerprint density at radius 3 is 1.59 bits per heavy atom. The van der Waals surface area contributed by atoms with Gasteiger partial charge < -0.3 is 34.6 Å². The first-order valence-corrected chi connectivity index (χ1v) is 12.0. The number of carbonyl (C=O) groups is 2. The zero-order chi connectivity index (χ0) is 24.8. The molecule has 2 unspecified atom stereocenters. The Labute approximate surface area is 223 Å². The van der Waals surface area contributed by atoms with E-state index in [4.69, 9.17) is 16.6 Å². The van der Waals surface area contributed by atoms with Crippen LogP contribution in [-0.4, -0.2) is 55.4 Å². The van der Waals surface area contributed by atoms with Gasteiger partial charge in [0.2, 0.25) is 5.91 Å². The number of carboxylic acid groups (broad SMARTS) is 1. The summed E-state index contributed by atoms with van der Waals surface area (Å²) in [6.07, 6.45) is 5.59. The van der Waals surface area contributed by atoms with Crippen LogP contribution < -0.4 is 22.1 Å². The van der Waals surface area contributed by atoms with Crippen molar-refractivity contribution in [2.24, 2.45) is 23.3 Å². The molecule has 0 saturated heterocycles. The molecule has 0 aliphatic heterocycles. The number of unbranched alkanes of at least 4 members (excludes halogenated alkanes) is 1. The van der Waals surface area contributed by atoms with E-state index in [0.29, 0.717) is 31.3 Å². The number of nitrogens with two attached hydrogens (primary N) is 2. The topological polar surface area (TPSA) is 130 Å². The third-order valence-corrected chi connectivity index (χ3v) is 3.90. The standard InChI is InChI=1S/C8H18N2O.C5H13N.C4H9NO2.C4H10.CH3.CH2.Pd.V/c1-3-7(2)6-10-8(11)4-5-9;1-3-5(2)4-6;1-5-3-2-4(6)7;1-3-4-2;;;;/h7H,3-6,9H2,1-2H3,(H,10,11);5H,3-4,6H2,1-2H3;5H,2-3H2,1H3,(H,6,7);3-4H2,1-2H3;1H3;1H2;;/q;;;;-1;;;. The first-order chi connectivity index (χ1) is 14.2. The van der Waals surface area contributed by atoms with E-state index in [9.17, 15) is 9.59 Å². The normalized spacial score (nSPS) is 10.0. The second-order valence-corrected chi connectivity index (χ2v) is 6.85. The SMILES string of the molecule is CCC(C)CN.CCC(C)CNC(=O)CCN.CCCC.CNCCC(=O)O.[CH2]=[V].[CH3-].[Pd]. The zero-order valence-electron chi connectivity index (χ0n) is 22.1. The number of carboxylic acids is 1. The van der Waals surface area contributed by atoms with Crippen molar-refractivity contribution >= 4 is 17.1 Å². The molecule has 2 atom stereocenters. The number of nitrogens with one attached hydrogen (secondary N) is 2. The molecular weight excluding hydrogens is 538 g/mol. The maximum absolute atomic E-state index is 10.9. The molecule has 0 radical (unpaired) electrons. The van der Waals surface area contributed by atoms with Crippen LogP contribution in [0.3, 0.4) is 0 Å². The molecule has 32 heavy (non-hydrogen) atoms. The number of hydrogen-bond acceptors (Lipinski definition) is 5. The molecule has 0 aromatic carbocycles. The van der Waals surface area contributed by atoms with Crippen LogP contribution >= 0.6 is 0 Å². The van der Waals surface area contributed by atoms with E-state index in [1.807, 2.05) is 0 Å². The minimum atomic E-state index is -0.755. The third kappa shape index (κ3) is 69.9. The molecule has 0 aromatic heterocycles. The molecule has 0 heterocycles. The van der Waals surface area contributed by atoms with Gasteiger partial charge >= 0.3 is 28.2 Å². The van der Waals surface area contributed by atoms with Gasteiger partial charge in [0.15, 0.2) is 0 Å². The van der Waals surface area contributed by atoms with Gasteiger partial charge in [0.25, 0.3) is 0 Å². The van der Waals surface area contributed by atoms with Crippen LogP contribution in [0, 0.1) is 19.3 Å². The molecule has 7 N–H and O–H groups in total. The van der Waals surface area contributed by atoms with Crippen molar-refractivity contribution in [3.8, 4) is 0 Å². The average Bonchev–Trinajstić information content (AvgIpc) is 2.77. The minimum absolute atomic E-state index is 0. The smallest absolute Gasteiger partial charge is 0 e. The van der Waals surface area contributed by atoms with Crippen molar-refractivity contribution in [2.75, 3.05) is 33.2 Å². The second kappa shape index (κ2) is 48.4. The molecule has 0 saturated carbocycles. The molecule has 201 valence electrons. The van der Waals surface area contributed by atoms with Crippen molar-refractivity contribution in [1.29, 1.82) is 0 Å². The summed E-state index contributed by atoms with van der Waals surface area (Å²) >= 11 is 2.06. The minimum Gasteiger partial charge on any atom is -0.358 e. The first-order valence-electron chi connectivity index (χ1n) is 11.0. The van der Waals surface area contributed by atoms with Gasteiger partial charge in [0, 0.05) is 46.5 Å². The predicted molar refractivity (Wildman–Crippen MR) is 135 cm³/mol. The monoisotopic (exact) mass is 592 g/mol. The van der Waals surface area contributed by atoms with Crippen LogP contribution in [0.15, 0.2) is 0 Å². The maximum Gasteiger partial charge on any atom is 0 e. The van der Waals surface area contributed by atoms with Crippen molar-refractivity contribution in [3.05, 3.63) is 7.43 Å². The van der Waals surface area contributed by atoms with Crippen LogP contribution in [0.5, 0.6) is 0 Å². The molecule has 0 spiro atoms. The van der Waals surface area contributed by atoms with Crippen molar-refractivity contribution in [3.63, 3.8) is 0 Å². The fourth-order valence-corrected chi connectivity index (χ4v) is 1.05. The van der Waals surface area contributed by atoms with Crippen LogP contribution in [0.2, 0.25) is 0 Å². The number of hydrogen-bond donors (Lipinski definition) is 5. The van der Waals surface area contributed by atoms with Gasteiger partial charge in [0.1, 0.15) is 0 Å². The van der Waals surface area contributed by atoms with Crippen LogP contribution in [-0.2, 0) is 47.0 Å². The fraction of sp³-hybridized carbons (Fsp3) is 0.826. The quantitative estimate of drug-likeness (QED) is 0.185. The summed E-state index contributed by atoms with van der Waals surface area (Å²) in [6, 6.07) is 0. The zero-order valence-corrected chi connectivity index (χ0v) is 25.1. The van der Waals surface area contributed by atoms with Gasteiger partial charge in [-0.2, -0.15) is 0 Å². The summed E-state index contributed by atoms with van der Waals surface area (Å²) in [6.45, 7) is 15.5. The third-order valence-electron chi connectivity index (χ3n) is 3.90. The molecule has 0 bridgehead atoms. The Morgan fingerprint density at radius 1 is 0.969 bits per heavy atom. The number of amides is 1. The maximum atomic E-state index is 10.9. The Morgan fingerprint density at radius 2 is 1.41 bits per heavy atom. The van der Waals surface area contributed by atoms with Crippen molar-refractivity contribution in [2.45, 2.75) is 80.1 Å². The molecule has 7 nitrogen and oxygen atoms in total. The second-order valence-electron chi connectivity index (χ2n) is 6.85. The molecule has 0 aliphatic carbocycles. The van der Waals surface area contributed by atoms with E-state index >= 15 is 0 Å². The summed E-state index contributed by atoms with van der Waals surface area (Å²) in [4.78, 5) is 20.6.